The second-order valence-electron chi connectivity index (χ2n) is 10.1. The zero-order valence-corrected chi connectivity index (χ0v) is 20.5. The number of hydrogen-bond donors (Lipinski definition) is 2. The van der Waals surface area contributed by atoms with E-state index >= 15 is 0 Å². The van der Waals surface area contributed by atoms with E-state index < -0.39 is 57.0 Å². The van der Waals surface area contributed by atoms with Crippen LogP contribution in [-0.2, 0) is 19.6 Å². The Morgan fingerprint density at radius 1 is 1.09 bits per heavy atom. The Balaban J connectivity index is 1.47. The highest BCUT2D eigenvalue weighted by molar-refractivity contribution is 7.89. The van der Waals surface area contributed by atoms with Gasteiger partial charge < -0.3 is 15.8 Å². The van der Waals surface area contributed by atoms with Crippen molar-refractivity contribution in [1.82, 2.24) is 9.62 Å². The smallest absolute Gasteiger partial charge is 0.227 e. The molecule has 1 aliphatic heterocycles. The first-order chi connectivity index (χ1) is 15.7. The molecule has 0 spiro atoms. The van der Waals surface area contributed by atoms with Crippen molar-refractivity contribution < 1.29 is 26.7 Å². The predicted octanol–water partition coefficient (Wildman–Crippen LogP) is 2.41. The van der Waals surface area contributed by atoms with Crippen LogP contribution in [0.25, 0.3) is 0 Å². The highest BCUT2D eigenvalue weighted by Crippen LogP contribution is 2.37. The van der Waals surface area contributed by atoms with E-state index in [1.54, 1.807) is 0 Å². The second kappa shape index (κ2) is 10.6. The first-order valence-corrected chi connectivity index (χ1v) is 14.2. The van der Waals surface area contributed by atoms with Gasteiger partial charge in [0.25, 0.3) is 0 Å². The lowest BCUT2D eigenvalue weighted by atomic mass is 9.84. The molecule has 0 aromatic heterocycles. The zero-order chi connectivity index (χ0) is 23.8. The normalized spacial score (nSPS) is 43.0. The first kappa shape index (κ1) is 25.5. The van der Waals surface area contributed by atoms with Crippen molar-refractivity contribution in [3.05, 3.63) is 0 Å². The number of sulfonamides is 1. The third-order valence-electron chi connectivity index (χ3n) is 7.88. The molecule has 0 aromatic carbocycles. The molecule has 33 heavy (non-hydrogen) atoms. The van der Waals surface area contributed by atoms with Crippen molar-refractivity contribution in [3.63, 3.8) is 0 Å². The van der Waals surface area contributed by atoms with Gasteiger partial charge >= 0.3 is 0 Å². The summed E-state index contributed by atoms with van der Waals surface area (Å²) in [7, 11) is -3.67. The Morgan fingerprint density at radius 2 is 1.82 bits per heavy atom. The predicted molar refractivity (Wildman–Crippen MR) is 122 cm³/mol. The van der Waals surface area contributed by atoms with Gasteiger partial charge in [-0.2, -0.15) is 4.31 Å². The van der Waals surface area contributed by atoms with Gasteiger partial charge in [0.1, 0.15) is 12.3 Å². The minimum absolute atomic E-state index is 0.162. The highest BCUT2D eigenvalue weighted by atomic mass is 35.5. The van der Waals surface area contributed by atoms with E-state index in [1.807, 2.05) is 0 Å². The van der Waals surface area contributed by atoms with Crippen LogP contribution in [0.1, 0.15) is 64.2 Å². The highest BCUT2D eigenvalue weighted by Gasteiger charge is 2.48. The summed E-state index contributed by atoms with van der Waals surface area (Å²) in [4.78, 5) is 12.9. The lowest BCUT2D eigenvalue weighted by Gasteiger charge is -2.49. The van der Waals surface area contributed by atoms with Crippen molar-refractivity contribution in [3.8, 4) is 0 Å². The fourth-order valence-electron chi connectivity index (χ4n) is 5.99. The molecule has 0 radical (unpaired) electrons. The number of alkyl halides is 3. The molecule has 1 amide bonds. The molecule has 3 aliphatic carbocycles. The number of carbonyl (C=O) groups is 1. The summed E-state index contributed by atoms with van der Waals surface area (Å²) < 4.78 is 62.8. The number of morpholine rings is 1. The van der Waals surface area contributed by atoms with E-state index in [2.05, 4.69) is 5.32 Å². The SMILES string of the molecule is NCC1CN(S(=O)(=O)C2CCC(F)CC2)C2CC(NC(=O)C3C(F)CCCC3Cl)CCC2O1. The monoisotopic (exact) mass is 511 g/mol. The molecular weight excluding hydrogens is 476 g/mol. The van der Waals surface area contributed by atoms with Crippen molar-refractivity contribution in [2.24, 2.45) is 11.7 Å². The van der Waals surface area contributed by atoms with Crippen molar-refractivity contribution in [2.75, 3.05) is 13.1 Å². The van der Waals surface area contributed by atoms with Crippen molar-refractivity contribution in [2.45, 2.75) is 111 Å². The van der Waals surface area contributed by atoms with Gasteiger partial charge in [0, 0.05) is 24.5 Å². The van der Waals surface area contributed by atoms with Gasteiger partial charge in [-0.25, -0.2) is 17.2 Å². The standard InChI is InChI=1S/C22H36ClF2N3O4S/c23-17-2-1-3-18(25)21(17)22(29)27-14-6-9-20-19(10-14)28(12-15(11-26)32-20)33(30,31)16-7-4-13(24)5-8-16/h13-21H,1-12,26H2,(H,27,29). The van der Waals surface area contributed by atoms with E-state index in [4.69, 9.17) is 22.1 Å². The van der Waals surface area contributed by atoms with Gasteiger partial charge in [-0.3, -0.25) is 4.79 Å². The molecule has 4 rings (SSSR count). The van der Waals surface area contributed by atoms with E-state index in [9.17, 15) is 22.0 Å². The number of nitrogens with one attached hydrogen (secondary N) is 1. The third-order valence-corrected chi connectivity index (χ3v) is 10.8. The molecule has 7 unspecified atom stereocenters. The number of rotatable bonds is 5. The summed E-state index contributed by atoms with van der Waals surface area (Å²) >= 11 is 6.27. The summed E-state index contributed by atoms with van der Waals surface area (Å²) in [5.74, 6) is -1.27. The van der Waals surface area contributed by atoms with E-state index in [0.29, 0.717) is 51.4 Å². The molecule has 4 aliphatic rings. The van der Waals surface area contributed by atoms with E-state index in [1.165, 1.54) is 4.31 Å². The van der Waals surface area contributed by atoms with Crippen LogP contribution in [-0.4, -0.2) is 79.0 Å². The Kier molecular flexibility index (Phi) is 8.20. The van der Waals surface area contributed by atoms with Crippen LogP contribution in [0.2, 0.25) is 0 Å². The topological polar surface area (TPSA) is 102 Å². The van der Waals surface area contributed by atoms with Crippen LogP contribution in [0.3, 0.4) is 0 Å². The van der Waals surface area contributed by atoms with E-state index in [0.717, 1.165) is 0 Å². The number of ether oxygens (including phenoxy) is 1. The van der Waals surface area contributed by atoms with Crippen LogP contribution in [0.5, 0.6) is 0 Å². The minimum atomic E-state index is -3.67. The first-order valence-electron chi connectivity index (χ1n) is 12.3. The van der Waals surface area contributed by atoms with Gasteiger partial charge in [0.05, 0.1) is 29.4 Å². The zero-order valence-electron chi connectivity index (χ0n) is 18.9. The summed E-state index contributed by atoms with van der Waals surface area (Å²) in [5, 5.41) is 1.81. The molecule has 4 fully saturated rings. The number of nitrogens with two attached hydrogens (primary N) is 1. The van der Waals surface area contributed by atoms with Crippen LogP contribution in [0.4, 0.5) is 8.78 Å². The van der Waals surface area contributed by atoms with Crippen LogP contribution in [0, 0.1) is 5.92 Å². The number of amides is 1. The quantitative estimate of drug-likeness (QED) is 0.552. The van der Waals surface area contributed by atoms with Crippen molar-refractivity contribution in [1.29, 1.82) is 0 Å². The molecule has 11 heteroatoms. The average molecular weight is 512 g/mol. The summed E-state index contributed by atoms with van der Waals surface area (Å²) in [6, 6.07) is -0.715. The number of nitrogens with zero attached hydrogens (tertiary/aromatic N) is 1. The molecule has 190 valence electrons. The molecule has 0 aromatic rings. The molecule has 7 atom stereocenters. The fraction of sp³-hybridized carbons (Fsp3) is 0.955. The van der Waals surface area contributed by atoms with Crippen LogP contribution >= 0.6 is 11.6 Å². The Morgan fingerprint density at radius 3 is 2.48 bits per heavy atom. The number of halogens is 3. The Bertz CT molecular complexity index is 789. The van der Waals surface area contributed by atoms with Gasteiger partial charge in [-0.1, -0.05) is 0 Å². The lowest BCUT2D eigenvalue weighted by Crippen LogP contribution is -2.63. The summed E-state index contributed by atoms with van der Waals surface area (Å²) in [5.41, 5.74) is 5.83. The maximum absolute atomic E-state index is 14.4. The average Bonchev–Trinajstić information content (AvgIpc) is 2.78. The Hall–Kier alpha value is -0.550. The van der Waals surface area contributed by atoms with Gasteiger partial charge in [-0.05, 0) is 64.2 Å². The summed E-state index contributed by atoms with van der Waals surface area (Å²) in [6.45, 7) is 0.373. The molecule has 7 nitrogen and oxygen atoms in total. The molecule has 3 saturated carbocycles. The molecule has 0 bridgehead atoms. The number of fused-ring (bicyclic) bond motifs is 1. The van der Waals surface area contributed by atoms with Crippen LogP contribution in [0.15, 0.2) is 0 Å². The molecule has 3 N–H and O–H groups in total. The summed E-state index contributed by atoms with van der Waals surface area (Å²) in [6.07, 6.45) is 1.41. The van der Waals surface area contributed by atoms with Gasteiger partial charge in [0.15, 0.2) is 0 Å². The van der Waals surface area contributed by atoms with E-state index in [-0.39, 0.29) is 38.1 Å². The lowest BCUT2D eigenvalue weighted by molar-refractivity contribution is -0.131. The second-order valence-corrected chi connectivity index (χ2v) is 12.8. The maximum Gasteiger partial charge on any atom is 0.227 e. The largest absolute Gasteiger partial charge is 0.371 e. The van der Waals surface area contributed by atoms with Crippen molar-refractivity contribution >= 4 is 27.5 Å². The maximum atomic E-state index is 14.4. The van der Waals surface area contributed by atoms with Gasteiger partial charge in [0.2, 0.25) is 15.9 Å². The Labute approximate surface area is 200 Å². The molecular formula is C22H36ClF2N3O4S. The number of carbonyl (C=O) groups excluding carboxylic acids is 1. The van der Waals surface area contributed by atoms with Crippen LogP contribution < -0.4 is 11.1 Å². The molecule has 1 saturated heterocycles. The molecule has 1 heterocycles. The fourth-order valence-corrected chi connectivity index (χ4v) is 8.64. The third kappa shape index (κ3) is 5.50. The minimum Gasteiger partial charge on any atom is -0.371 e. The van der Waals surface area contributed by atoms with Gasteiger partial charge in [-0.15, -0.1) is 11.6 Å². The number of hydrogen-bond acceptors (Lipinski definition) is 5.